The summed E-state index contributed by atoms with van der Waals surface area (Å²) in [5, 5.41) is 12.0. The summed E-state index contributed by atoms with van der Waals surface area (Å²) in [7, 11) is 0. The van der Waals surface area contributed by atoms with Crippen molar-refractivity contribution in [1.29, 1.82) is 0 Å². The quantitative estimate of drug-likeness (QED) is 0.469. The van der Waals surface area contributed by atoms with Crippen LogP contribution in [0.15, 0.2) is 46.8 Å². The molecule has 7 heteroatoms. The van der Waals surface area contributed by atoms with Gasteiger partial charge in [0.1, 0.15) is 0 Å². The van der Waals surface area contributed by atoms with Crippen LogP contribution in [0.4, 0.5) is 5.69 Å². The Morgan fingerprint density at radius 1 is 1.23 bits per heavy atom. The first-order valence-electron chi connectivity index (χ1n) is 10.9. The molecular formula is C23H31N5OS. The number of para-hydroxylation sites is 1. The van der Waals surface area contributed by atoms with Crippen LogP contribution in [0, 0.1) is 0 Å². The van der Waals surface area contributed by atoms with Crippen LogP contribution in [0.5, 0.6) is 0 Å². The molecule has 0 bridgehead atoms. The van der Waals surface area contributed by atoms with Crippen LogP contribution >= 0.6 is 11.3 Å². The molecule has 2 aliphatic heterocycles. The molecule has 1 amide bonds. The molecular weight excluding hydrogens is 394 g/mol. The highest BCUT2D eigenvalue weighted by Crippen LogP contribution is 2.31. The van der Waals surface area contributed by atoms with Crippen molar-refractivity contribution >= 4 is 28.9 Å². The van der Waals surface area contributed by atoms with Crippen molar-refractivity contribution in [3.8, 4) is 0 Å². The van der Waals surface area contributed by atoms with E-state index in [1.165, 1.54) is 23.3 Å². The Bertz CT molecular complexity index is 860. The summed E-state index contributed by atoms with van der Waals surface area (Å²) in [6.07, 6.45) is 3.04. The summed E-state index contributed by atoms with van der Waals surface area (Å²) in [6.45, 7) is 6.60. The van der Waals surface area contributed by atoms with Crippen molar-refractivity contribution in [2.45, 2.75) is 38.1 Å². The van der Waals surface area contributed by atoms with Gasteiger partial charge in [0.2, 0.25) is 5.91 Å². The number of hydrogen-bond acceptors (Lipinski definition) is 4. The molecule has 1 aromatic carbocycles. The molecule has 1 fully saturated rings. The zero-order chi connectivity index (χ0) is 20.8. The Kier molecular flexibility index (Phi) is 7.02. The van der Waals surface area contributed by atoms with Gasteiger partial charge >= 0.3 is 0 Å². The second-order valence-electron chi connectivity index (χ2n) is 7.91. The SMILES string of the molecule is CCNC(=NCC(c1cccs1)N1CCCC1)NCC1CC(=O)Nc2ccccc21. The van der Waals surface area contributed by atoms with Crippen LogP contribution in [0.3, 0.4) is 0 Å². The molecule has 4 rings (SSSR count). The molecule has 6 nitrogen and oxygen atoms in total. The maximum atomic E-state index is 12.1. The van der Waals surface area contributed by atoms with Crippen LogP contribution in [-0.4, -0.2) is 49.5 Å². The summed E-state index contributed by atoms with van der Waals surface area (Å²) < 4.78 is 0. The molecule has 30 heavy (non-hydrogen) atoms. The van der Waals surface area contributed by atoms with Crippen molar-refractivity contribution in [2.24, 2.45) is 4.99 Å². The fourth-order valence-corrected chi connectivity index (χ4v) is 5.19. The van der Waals surface area contributed by atoms with Gasteiger partial charge in [-0.15, -0.1) is 11.3 Å². The van der Waals surface area contributed by atoms with Crippen LogP contribution in [0.1, 0.15) is 48.6 Å². The number of nitrogens with one attached hydrogen (secondary N) is 3. The van der Waals surface area contributed by atoms with Gasteiger partial charge in [-0.1, -0.05) is 24.3 Å². The number of fused-ring (bicyclic) bond motifs is 1. The highest BCUT2D eigenvalue weighted by Gasteiger charge is 2.26. The average Bonchev–Trinajstić information content (AvgIpc) is 3.46. The van der Waals surface area contributed by atoms with Crippen molar-refractivity contribution in [3.05, 3.63) is 52.2 Å². The van der Waals surface area contributed by atoms with E-state index in [0.717, 1.165) is 37.8 Å². The number of benzene rings is 1. The van der Waals surface area contributed by atoms with Crippen molar-refractivity contribution in [2.75, 3.05) is 38.0 Å². The van der Waals surface area contributed by atoms with Crippen molar-refractivity contribution in [3.63, 3.8) is 0 Å². The Hall–Kier alpha value is -2.38. The Morgan fingerprint density at radius 3 is 2.83 bits per heavy atom. The summed E-state index contributed by atoms with van der Waals surface area (Å²) >= 11 is 1.82. The summed E-state index contributed by atoms with van der Waals surface area (Å²) in [6, 6.07) is 12.8. The van der Waals surface area contributed by atoms with Gasteiger partial charge in [0, 0.05) is 36.0 Å². The molecule has 2 atom stereocenters. The molecule has 2 aliphatic rings. The van der Waals surface area contributed by atoms with E-state index < -0.39 is 0 Å². The van der Waals surface area contributed by atoms with Crippen LogP contribution in [0.25, 0.3) is 0 Å². The first kappa shape index (κ1) is 20.9. The first-order valence-corrected chi connectivity index (χ1v) is 11.8. The van der Waals surface area contributed by atoms with E-state index in [2.05, 4.69) is 51.4 Å². The first-order chi connectivity index (χ1) is 14.7. The third-order valence-electron chi connectivity index (χ3n) is 5.84. The number of amides is 1. The predicted octanol–water partition coefficient (Wildman–Crippen LogP) is 3.57. The smallest absolute Gasteiger partial charge is 0.225 e. The van der Waals surface area contributed by atoms with E-state index in [-0.39, 0.29) is 11.8 Å². The van der Waals surface area contributed by atoms with Gasteiger partial charge in [0.15, 0.2) is 5.96 Å². The third kappa shape index (κ3) is 5.02. The largest absolute Gasteiger partial charge is 0.357 e. The van der Waals surface area contributed by atoms with Gasteiger partial charge in [-0.3, -0.25) is 14.7 Å². The Balaban J connectivity index is 1.44. The molecule has 160 valence electrons. The second kappa shape index (κ2) is 10.1. The molecule has 1 aromatic heterocycles. The number of carbonyl (C=O) groups is 1. The highest BCUT2D eigenvalue weighted by molar-refractivity contribution is 7.10. The highest BCUT2D eigenvalue weighted by atomic mass is 32.1. The molecule has 2 aromatic rings. The normalized spacial score (nSPS) is 20.5. The molecule has 0 saturated carbocycles. The molecule has 1 saturated heterocycles. The van der Waals surface area contributed by atoms with Crippen LogP contribution < -0.4 is 16.0 Å². The van der Waals surface area contributed by atoms with Crippen LogP contribution in [-0.2, 0) is 4.79 Å². The molecule has 3 N–H and O–H groups in total. The lowest BCUT2D eigenvalue weighted by molar-refractivity contribution is -0.116. The summed E-state index contributed by atoms with van der Waals surface area (Å²) in [4.78, 5) is 21.0. The van der Waals surface area contributed by atoms with Crippen molar-refractivity contribution < 1.29 is 4.79 Å². The minimum absolute atomic E-state index is 0.0780. The fourth-order valence-electron chi connectivity index (χ4n) is 4.34. The monoisotopic (exact) mass is 425 g/mol. The second-order valence-corrected chi connectivity index (χ2v) is 8.89. The van der Waals surface area contributed by atoms with Gasteiger partial charge in [-0.05, 0) is 55.9 Å². The van der Waals surface area contributed by atoms with Gasteiger partial charge in [-0.2, -0.15) is 0 Å². The number of guanidine groups is 1. The standard InChI is InChI=1S/C23H31N5OS/c1-2-24-23(25-15-17-14-22(29)27-19-9-4-3-8-18(17)19)26-16-20(21-10-7-13-30-21)28-11-5-6-12-28/h3-4,7-10,13,17,20H,2,5-6,11-12,14-16H2,1H3,(H,27,29)(H2,24,25,26). The molecule has 0 radical (unpaired) electrons. The van der Waals surface area contributed by atoms with Gasteiger partial charge < -0.3 is 16.0 Å². The molecule has 3 heterocycles. The molecule has 0 aliphatic carbocycles. The molecule has 0 spiro atoms. The molecule has 2 unspecified atom stereocenters. The van der Waals surface area contributed by atoms with Gasteiger partial charge in [0.05, 0.1) is 12.6 Å². The van der Waals surface area contributed by atoms with E-state index in [1.54, 1.807) is 0 Å². The van der Waals surface area contributed by atoms with Gasteiger partial charge in [0.25, 0.3) is 0 Å². The fraction of sp³-hybridized carbons (Fsp3) is 0.478. The van der Waals surface area contributed by atoms with E-state index in [1.807, 2.05) is 29.5 Å². The third-order valence-corrected chi connectivity index (χ3v) is 6.82. The minimum atomic E-state index is 0.0780. The maximum absolute atomic E-state index is 12.1. The van der Waals surface area contributed by atoms with E-state index in [4.69, 9.17) is 4.99 Å². The predicted molar refractivity (Wildman–Crippen MR) is 124 cm³/mol. The lowest BCUT2D eigenvalue weighted by Crippen LogP contribution is -2.41. The lowest BCUT2D eigenvalue weighted by atomic mass is 9.90. The summed E-state index contributed by atoms with van der Waals surface area (Å²) in [5.41, 5.74) is 2.11. The van der Waals surface area contributed by atoms with E-state index >= 15 is 0 Å². The zero-order valence-corrected chi connectivity index (χ0v) is 18.4. The Labute approximate surface area is 182 Å². The summed E-state index contributed by atoms with van der Waals surface area (Å²) in [5.74, 6) is 1.04. The number of carbonyl (C=O) groups excluding carboxylic acids is 1. The number of likely N-dealkylation sites (tertiary alicyclic amines) is 1. The lowest BCUT2D eigenvalue weighted by Gasteiger charge is -2.27. The number of anilines is 1. The van der Waals surface area contributed by atoms with Gasteiger partial charge in [-0.25, -0.2) is 0 Å². The maximum Gasteiger partial charge on any atom is 0.225 e. The number of hydrogen-bond donors (Lipinski definition) is 3. The van der Waals surface area contributed by atoms with E-state index in [0.29, 0.717) is 19.0 Å². The average molecular weight is 426 g/mol. The number of aliphatic imine (C=N–C) groups is 1. The van der Waals surface area contributed by atoms with Crippen LogP contribution in [0.2, 0.25) is 0 Å². The number of nitrogens with zero attached hydrogens (tertiary/aromatic N) is 2. The Morgan fingerprint density at radius 2 is 2.07 bits per heavy atom. The topological polar surface area (TPSA) is 68.8 Å². The van der Waals surface area contributed by atoms with E-state index in [9.17, 15) is 4.79 Å². The zero-order valence-electron chi connectivity index (χ0n) is 17.6. The number of thiophene rings is 1. The minimum Gasteiger partial charge on any atom is -0.357 e. The van der Waals surface area contributed by atoms with Crippen molar-refractivity contribution in [1.82, 2.24) is 15.5 Å². The number of rotatable bonds is 7.